The van der Waals surface area contributed by atoms with Crippen LogP contribution in [-0.2, 0) is 0 Å². The van der Waals surface area contributed by atoms with Crippen LogP contribution in [0.1, 0.15) is 50.0 Å². The predicted octanol–water partition coefficient (Wildman–Crippen LogP) is 5.86. The van der Waals surface area contributed by atoms with Gasteiger partial charge in [0.1, 0.15) is 0 Å². The first kappa shape index (κ1) is 15.9. The summed E-state index contributed by atoms with van der Waals surface area (Å²) in [5.74, 6) is 2.79. The molecule has 1 aliphatic heterocycles. The summed E-state index contributed by atoms with van der Waals surface area (Å²) < 4.78 is 0. The summed E-state index contributed by atoms with van der Waals surface area (Å²) in [5, 5.41) is 7.02. The number of fused-ring (bicyclic) bond motifs is 2. The number of likely N-dealkylation sites (tertiary alicyclic amines) is 1. The zero-order chi connectivity index (χ0) is 16.6. The molecule has 2 saturated carbocycles. The Morgan fingerprint density at radius 3 is 2.52 bits per heavy atom. The first-order valence-electron chi connectivity index (χ1n) is 10.0. The van der Waals surface area contributed by atoms with Crippen molar-refractivity contribution in [2.45, 2.75) is 50.5 Å². The van der Waals surface area contributed by atoms with Gasteiger partial charge in [0.2, 0.25) is 0 Å². The van der Waals surface area contributed by atoms with Gasteiger partial charge in [0.05, 0.1) is 5.00 Å². The predicted molar refractivity (Wildman–Crippen MR) is 107 cm³/mol. The second-order valence-corrected chi connectivity index (χ2v) is 9.19. The van der Waals surface area contributed by atoms with Crippen molar-refractivity contribution in [2.24, 2.45) is 11.8 Å². The lowest BCUT2D eigenvalue weighted by atomic mass is 9.86. The molecule has 2 nitrogen and oxygen atoms in total. The Morgan fingerprint density at radius 1 is 0.920 bits per heavy atom. The number of thiophene rings is 1. The van der Waals surface area contributed by atoms with Crippen molar-refractivity contribution >= 4 is 22.0 Å². The number of piperidine rings is 1. The molecule has 3 aliphatic rings. The van der Waals surface area contributed by atoms with Crippen molar-refractivity contribution in [1.29, 1.82) is 0 Å². The van der Waals surface area contributed by atoms with Crippen molar-refractivity contribution in [3.63, 3.8) is 0 Å². The van der Waals surface area contributed by atoms with E-state index in [1.165, 1.54) is 67.9 Å². The fourth-order valence-electron chi connectivity index (χ4n) is 5.65. The number of nitrogens with one attached hydrogen (secondary N) is 1. The van der Waals surface area contributed by atoms with Gasteiger partial charge >= 0.3 is 0 Å². The first-order chi connectivity index (χ1) is 12.4. The van der Waals surface area contributed by atoms with Crippen LogP contribution >= 0.6 is 11.3 Å². The third kappa shape index (κ3) is 3.13. The minimum absolute atomic E-state index is 0.707. The monoisotopic (exact) mass is 352 g/mol. The Labute approximate surface area is 155 Å². The Balaban J connectivity index is 1.26. The molecule has 5 rings (SSSR count). The topological polar surface area (TPSA) is 15.3 Å². The lowest BCUT2D eigenvalue weighted by Crippen LogP contribution is -2.43. The molecule has 1 aromatic heterocycles. The van der Waals surface area contributed by atoms with E-state index < -0.39 is 0 Å². The molecule has 0 amide bonds. The number of anilines is 2. The minimum atomic E-state index is 0.707. The van der Waals surface area contributed by atoms with Crippen LogP contribution in [0.25, 0.3) is 0 Å². The summed E-state index contributed by atoms with van der Waals surface area (Å²) in [5.41, 5.74) is 2.83. The van der Waals surface area contributed by atoms with Gasteiger partial charge in [-0.15, -0.1) is 11.3 Å². The van der Waals surface area contributed by atoms with Crippen LogP contribution in [0.4, 0.5) is 10.7 Å². The van der Waals surface area contributed by atoms with Crippen molar-refractivity contribution in [3.05, 3.63) is 47.3 Å². The number of hydrogen-bond acceptors (Lipinski definition) is 3. The second kappa shape index (κ2) is 6.77. The highest BCUT2D eigenvalue weighted by atomic mass is 32.1. The molecule has 1 N–H and O–H groups in total. The number of nitrogens with zero attached hydrogens (tertiary/aromatic N) is 1. The van der Waals surface area contributed by atoms with E-state index in [1.54, 1.807) is 11.3 Å². The van der Waals surface area contributed by atoms with Gasteiger partial charge in [0.25, 0.3) is 0 Å². The largest absolute Gasteiger partial charge is 0.347 e. The second-order valence-electron chi connectivity index (χ2n) is 8.24. The van der Waals surface area contributed by atoms with E-state index in [1.807, 2.05) is 0 Å². The van der Waals surface area contributed by atoms with Crippen LogP contribution < -0.4 is 5.32 Å². The van der Waals surface area contributed by atoms with Crippen molar-refractivity contribution in [1.82, 2.24) is 4.90 Å². The van der Waals surface area contributed by atoms with Gasteiger partial charge in [-0.3, -0.25) is 0 Å². The number of hydrogen-bond donors (Lipinski definition) is 1. The number of benzene rings is 1. The third-order valence-corrected chi connectivity index (χ3v) is 7.66. The third-order valence-electron chi connectivity index (χ3n) is 6.88. The van der Waals surface area contributed by atoms with Gasteiger partial charge in [-0.25, -0.2) is 0 Å². The number of rotatable bonds is 4. The SMILES string of the molecule is c1csc(Nc2ccccc2C2CCN(C3CC4CCC3C4)CC2)c1. The van der Waals surface area contributed by atoms with Crippen LogP contribution in [-0.4, -0.2) is 24.0 Å². The van der Waals surface area contributed by atoms with E-state index in [9.17, 15) is 0 Å². The fraction of sp³-hybridized carbons (Fsp3) is 0.545. The molecular formula is C22H28N2S. The van der Waals surface area contributed by atoms with E-state index in [4.69, 9.17) is 0 Å². The fourth-order valence-corrected chi connectivity index (χ4v) is 6.28. The molecule has 1 aromatic carbocycles. The lowest BCUT2D eigenvalue weighted by Gasteiger charge is -2.40. The molecular weight excluding hydrogens is 324 g/mol. The van der Waals surface area contributed by atoms with Gasteiger partial charge in [0, 0.05) is 11.7 Å². The minimum Gasteiger partial charge on any atom is -0.347 e. The normalized spacial score (nSPS) is 30.0. The molecule has 2 aromatic rings. The molecule has 3 atom stereocenters. The van der Waals surface area contributed by atoms with Crippen LogP contribution in [0.15, 0.2) is 41.8 Å². The van der Waals surface area contributed by atoms with E-state index in [0.29, 0.717) is 5.92 Å². The summed E-state index contributed by atoms with van der Waals surface area (Å²) >= 11 is 1.78. The highest BCUT2D eigenvalue weighted by Gasteiger charge is 2.42. The van der Waals surface area contributed by atoms with Crippen molar-refractivity contribution in [3.8, 4) is 0 Å². The zero-order valence-corrected chi connectivity index (χ0v) is 15.7. The molecule has 3 fully saturated rings. The molecule has 1 saturated heterocycles. The van der Waals surface area contributed by atoms with Crippen LogP contribution in [0, 0.1) is 11.8 Å². The molecule has 2 bridgehead atoms. The zero-order valence-electron chi connectivity index (χ0n) is 14.9. The maximum absolute atomic E-state index is 3.64. The molecule has 3 unspecified atom stereocenters. The molecule has 25 heavy (non-hydrogen) atoms. The van der Waals surface area contributed by atoms with E-state index in [-0.39, 0.29) is 0 Å². The highest BCUT2D eigenvalue weighted by molar-refractivity contribution is 7.14. The van der Waals surface area contributed by atoms with Crippen LogP contribution in [0.3, 0.4) is 0 Å². The van der Waals surface area contributed by atoms with Gasteiger partial charge in [-0.1, -0.05) is 24.6 Å². The van der Waals surface area contributed by atoms with Gasteiger partial charge < -0.3 is 10.2 Å². The summed E-state index contributed by atoms with van der Waals surface area (Å²) in [7, 11) is 0. The average Bonchev–Trinajstić information content (AvgIpc) is 3.41. The Hall–Kier alpha value is -1.32. The van der Waals surface area contributed by atoms with E-state index >= 15 is 0 Å². The molecule has 0 spiro atoms. The summed E-state index contributed by atoms with van der Waals surface area (Å²) in [4.78, 5) is 2.84. The molecule has 2 heterocycles. The highest BCUT2D eigenvalue weighted by Crippen LogP contribution is 2.47. The number of para-hydroxylation sites is 1. The molecule has 0 radical (unpaired) electrons. The maximum Gasteiger partial charge on any atom is 0.0926 e. The van der Waals surface area contributed by atoms with Gasteiger partial charge in [0.15, 0.2) is 0 Å². The Morgan fingerprint density at radius 2 is 1.80 bits per heavy atom. The smallest absolute Gasteiger partial charge is 0.0926 e. The molecule has 3 heteroatoms. The summed E-state index contributed by atoms with van der Waals surface area (Å²) in [6.45, 7) is 2.60. The quantitative estimate of drug-likeness (QED) is 0.741. The lowest BCUT2D eigenvalue weighted by molar-refractivity contribution is 0.111. The van der Waals surface area contributed by atoms with Gasteiger partial charge in [-0.05, 0) is 92.1 Å². The standard InChI is InChI=1S/C22H28N2S/c1-2-5-20(23-22-6-3-13-25-22)19(4-1)17-9-11-24(12-10-17)21-15-16-7-8-18(21)14-16/h1-6,13,16-18,21,23H,7-12,14-15H2. The van der Waals surface area contributed by atoms with Crippen molar-refractivity contribution < 1.29 is 0 Å². The van der Waals surface area contributed by atoms with Crippen LogP contribution in [0.2, 0.25) is 0 Å². The van der Waals surface area contributed by atoms with Crippen LogP contribution in [0.5, 0.6) is 0 Å². The first-order valence-corrected chi connectivity index (χ1v) is 10.9. The summed E-state index contributed by atoms with van der Waals surface area (Å²) in [6, 6.07) is 14.1. The van der Waals surface area contributed by atoms with Gasteiger partial charge in [-0.2, -0.15) is 0 Å². The molecule has 132 valence electrons. The van der Waals surface area contributed by atoms with E-state index in [0.717, 1.165) is 17.9 Å². The summed E-state index contributed by atoms with van der Waals surface area (Å²) in [6.07, 6.45) is 8.67. The average molecular weight is 353 g/mol. The molecule has 2 aliphatic carbocycles. The Kier molecular flexibility index (Phi) is 4.31. The van der Waals surface area contributed by atoms with Crippen molar-refractivity contribution in [2.75, 3.05) is 18.4 Å². The van der Waals surface area contributed by atoms with E-state index in [2.05, 4.69) is 52.0 Å². The maximum atomic E-state index is 3.64. The Bertz CT molecular complexity index is 703.